The minimum atomic E-state index is -0.193. The average molecular weight is 302 g/mol. The quantitative estimate of drug-likeness (QED) is 0.590. The van der Waals surface area contributed by atoms with Gasteiger partial charge in [0.05, 0.1) is 7.11 Å². The first kappa shape index (κ1) is 15.4. The van der Waals surface area contributed by atoms with Gasteiger partial charge < -0.3 is 4.74 Å². The number of benzene rings is 3. The number of methoxy groups -OCH3 is 1. The van der Waals surface area contributed by atoms with Gasteiger partial charge in [0.1, 0.15) is 5.75 Å². The molecule has 0 heterocycles. The smallest absolute Gasteiger partial charge is 0.118 e. The molecular formula is C22H22O. The van der Waals surface area contributed by atoms with Gasteiger partial charge in [-0.1, -0.05) is 72.3 Å². The molecule has 1 atom stereocenters. The molecule has 0 fully saturated rings. The number of rotatable bonds is 4. The molecule has 116 valence electrons. The van der Waals surface area contributed by atoms with Gasteiger partial charge in [0.25, 0.3) is 0 Å². The van der Waals surface area contributed by atoms with Crippen LogP contribution in [0.3, 0.4) is 0 Å². The van der Waals surface area contributed by atoms with Crippen LogP contribution in [0.5, 0.6) is 5.75 Å². The maximum Gasteiger partial charge on any atom is 0.118 e. The minimum absolute atomic E-state index is 0.193. The molecule has 0 radical (unpaired) electrons. The summed E-state index contributed by atoms with van der Waals surface area (Å²) in [5.41, 5.74) is 4.92. The zero-order valence-electron chi connectivity index (χ0n) is 13.9. The summed E-state index contributed by atoms with van der Waals surface area (Å²) < 4.78 is 5.31. The zero-order valence-corrected chi connectivity index (χ0v) is 13.9. The lowest BCUT2D eigenvalue weighted by Gasteiger charge is -2.32. The molecule has 0 amide bonds. The summed E-state index contributed by atoms with van der Waals surface area (Å²) in [5.74, 6) is 0.882. The fourth-order valence-corrected chi connectivity index (χ4v) is 3.08. The normalized spacial score (nSPS) is 13.3. The van der Waals surface area contributed by atoms with Crippen molar-refractivity contribution in [2.45, 2.75) is 19.3 Å². The topological polar surface area (TPSA) is 9.23 Å². The van der Waals surface area contributed by atoms with Crippen LogP contribution in [-0.4, -0.2) is 7.11 Å². The summed E-state index contributed by atoms with van der Waals surface area (Å²) in [6.45, 7) is 4.41. The number of aryl methyl sites for hydroxylation is 1. The van der Waals surface area contributed by atoms with Crippen molar-refractivity contribution in [3.8, 4) is 5.75 Å². The zero-order chi connectivity index (χ0) is 16.3. The van der Waals surface area contributed by atoms with E-state index in [0.29, 0.717) is 0 Å². The van der Waals surface area contributed by atoms with Gasteiger partial charge in [-0.3, -0.25) is 0 Å². The highest BCUT2D eigenvalue weighted by atomic mass is 16.5. The van der Waals surface area contributed by atoms with Crippen molar-refractivity contribution >= 4 is 0 Å². The summed E-state index contributed by atoms with van der Waals surface area (Å²) in [5, 5.41) is 0. The second-order valence-electron chi connectivity index (χ2n) is 6.09. The van der Waals surface area contributed by atoms with Gasteiger partial charge in [-0.25, -0.2) is 0 Å². The summed E-state index contributed by atoms with van der Waals surface area (Å²) in [4.78, 5) is 0. The molecule has 0 saturated heterocycles. The Kier molecular flexibility index (Phi) is 4.20. The molecule has 0 spiro atoms. The van der Waals surface area contributed by atoms with E-state index in [4.69, 9.17) is 4.74 Å². The lowest BCUT2D eigenvalue weighted by molar-refractivity contribution is 0.414. The molecule has 3 rings (SSSR count). The van der Waals surface area contributed by atoms with Gasteiger partial charge in [0, 0.05) is 5.41 Å². The third kappa shape index (κ3) is 2.87. The fourth-order valence-electron chi connectivity index (χ4n) is 3.08. The van der Waals surface area contributed by atoms with Crippen molar-refractivity contribution in [2.24, 2.45) is 0 Å². The van der Waals surface area contributed by atoms with E-state index < -0.39 is 0 Å². The van der Waals surface area contributed by atoms with Gasteiger partial charge in [-0.05, 0) is 42.7 Å². The maximum absolute atomic E-state index is 5.31. The molecule has 1 nitrogen and oxygen atoms in total. The molecule has 0 aliphatic heterocycles. The first-order valence-corrected chi connectivity index (χ1v) is 7.92. The first-order chi connectivity index (χ1) is 11.1. The highest BCUT2D eigenvalue weighted by molar-refractivity contribution is 5.50. The van der Waals surface area contributed by atoms with Crippen LogP contribution >= 0.6 is 0 Å². The molecule has 0 saturated carbocycles. The molecule has 0 N–H and O–H groups in total. The summed E-state index contributed by atoms with van der Waals surface area (Å²) in [7, 11) is 1.70. The Balaban J connectivity index is 2.18. The highest BCUT2D eigenvalue weighted by Crippen LogP contribution is 2.39. The first-order valence-electron chi connectivity index (χ1n) is 7.92. The molecule has 0 bridgehead atoms. The number of hydrogen-bond acceptors (Lipinski definition) is 1. The van der Waals surface area contributed by atoms with Crippen LogP contribution < -0.4 is 4.74 Å². The average Bonchev–Trinajstić information content (AvgIpc) is 2.62. The second kappa shape index (κ2) is 6.29. The third-order valence-electron chi connectivity index (χ3n) is 4.65. The minimum Gasteiger partial charge on any atom is -0.497 e. The Morgan fingerprint density at radius 2 is 1.13 bits per heavy atom. The summed E-state index contributed by atoms with van der Waals surface area (Å²) in [6.07, 6.45) is 0. The molecule has 0 aromatic heterocycles. The van der Waals surface area contributed by atoms with Crippen molar-refractivity contribution in [1.82, 2.24) is 0 Å². The number of ether oxygens (including phenoxy) is 1. The Hall–Kier alpha value is -2.54. The van der Waals surface area contributed by atoms with E-state index in [2.05, 4.69) is 80.6 Å². The van der Waals surface area contributed by atoms with Crippen molar-refractivity contribution in [1.29, 1.82) is 0 Å². The highest BCUT2D eigenvalue weighted by Gasteiger charge is 2.30. The van der Waals surface area contributed by atoms with Gasteiger partial charge in [-0.15, -0.1) is 0 Å². The predicted molar refractivity (Wildman–Crippen MR) is 96.2 cm³/mol. The van der Waals surface area contributed by atoms with Crippen LogP contribution in [0.2, 0.25) is 0 Å². The van der Waals surface area contributed by atoms with Gasteiger partial charge in [0.15, 0.2) is 0 Å². The van der Waals surface area contributed by atoms with E-state index >= 15 is 0 Å². The molecule has 0 aliphatic carbocycles. The van der Waals surface area contributed by atoms with Gasteiger partial charge in [-0.2, -0.15) is 0 Å². The van der Waals surface area contributed by atoms with E-state index in [1.165, 1.54) is 22.3 Å². The van der Waals surface area contributed by atoms with Crippen molar-refractivity contribution < 1.29 is 4.74 Å². The molecule has 3 aromatic carbocycles. The van der Waals surface area contributed by atoms with E-state index in [1.807, 2.05) is 12.1 Å². The Morgan fingerprint density at radius 3 is 1.65 bits per heavy atom. The molecule has 23 heavy (non-hydrogen) atoms. The molecule has 3 aromatic rings. The molecule has 0 aliphatic rings. The van der Waals surface area contributed by atoms with Crippen LogP contribution in [0.25, 0.3) is 0 Å². The van der Waals surface area contributed by atoms with Crippen molar-refractivity contribution in [3.05, 3.63) is 101 Å². The Morgan fingerprint density at radius 1 is 0.652 bits per heavy atom. The van der Waals surface area contributed by atoms with Gasteiger partial charge in [0.2, 0.25) is 0 Å². The van der Waals surface area contributed by atoms with Crippen LogP contribution in [-0.2, 0) is 5.41 Å². The van der Waals surface area contributed by atoms with Crippen LogP contribution in [0.15, 0.2) is 78.9 Å². The fraction of sp³-hybridized carbons (Fsp3) is 0.182. The van der Waals surface area contributed by atoms with E-state index in [9.17, 15) is 0 Å². The van der Waals surface area contributed by atoms with Crippen LogP contribution in [0, 0.1) is 6.92 Å². The van der Waals surface area contributed by atoms with E-state index in [0.717, 1.165) is 5.75 Å². The predicted octanol–water partition coefficient (Wildman–Crippen LogP) is 5.36. The van der Waals surface area contributed by atoms with Crippen molar-refractivity contribution in [2.75, 3.05) is 7.11 Å². The number of hydrogen-bond donors (Lipinski definition) is 0. The van der Waals surface area contributed by atoms with Crippen molar-refractivity contribution in [3.63, 3.8) is 0 Å². The monoisotopic (exact) mass is 302 g/mol. The molecular weight excluding hydrogens is 280 g/mol. The largest absolute Gasteiger partial charge is 0.497 e. The maximum atomic E-state index is 5.31. The second-order valence-corrected chi connectivity index (χ2v) is 6.09. The van der Waals surface area contributed by atoms with Crippen LogP contribution in [0.1, 0.15) is 29.2 Å². The third-order valence-corrected chi connectivity index (χ3v) is 4.65. The van der Waals surface area contributed by atoms with E-state index in [-0.39, 0.29) is 5.41 Å². The SMILES string of the molecule is COc1ccc(C(C)(c2ccccc2)c2ccc(C)cc2)cc1. The summed E-state index contributed by atoms with van der Waals surface area (Å²) in [6, 6.07) is 27.9. The Labute approximate surface area is 138 Å². The molecule has 1 unspecified atom stereocenters. The lowest BCUT2D eigenvalue weighted by Crippen LogP contribution is -2.25. The van der Waals surface area contributed by atoms with E-state index in [1.54, 1.807) is 7.11 Å². The Bertz CT molecular complexity index is 757. The lowest BCUT2D eigenvalue weighted by atomic mass is 9.71. The molecule has 1 heteroatoms. The summed E-state index contributed by atoms with van der Waals surface area (Å²) >= 11 is 0. The van der Waals surface area contributed by atoms with Crippen LogP contribution in [0.4, 0.5) is 0 Å². The standard InChI is InChI=1S/C22H22O/c1-17-9-11-19(12-10-17)22(2,18-7-5-4-6-8-18)20-13-15-21(23-3)16-14-20/h4-16H,1-3H3. The van der Waals surface area contributed by atoms with Gasteiger partial charge >= 0.3 is 0 Å².